The number of benzene rings is 2. The van der Waals surface area contributed by atoms with Crippen LogP contribution < -0.4 is 5.19 Å². The Hall–Kier alpha value is -1.47. The van der Waals surface area contributed by atoms with Gasteiger partial charge in [0.1, 0.15) is 5.56 Å². The molecule has 96 valence electrons. The normalized spacial score (nSPS) is 17.9. The van der Waals surface area contributed by atoms with Crippen molar-refractivity contribution in [3.05, 3.63) is 72.1 Å². The summed E-state index contributed by atoms with van der Waals surface area (Å²) in [7, 11) is -1.33. The summed E-state index contributed by atoms with van der Waals surface area (Å²) in [4.78, 5) is 0. The van der Waals surface area contributed by atoms with E-state index in [9.17, 15) is 0 Å². The Bertz CT molecular complexity index is 557. The van der Waals surface area contributed by atoms with Crippen molar-refractivity contribution < 1.29 is 0 Å². The van der Waals surface area contributed by atoms with Gasteiger partial charge in [0.25, 0.3) is 0 Å². The highest BCUT2D eigenvalue weighted by Crippen LogP contribution is 2.39. The monoisotopic (exact) mass is 265 g/mol. The first-order valence-electron chi connectivity index (χ1n) is 7.14. The Morgan fingerprint density at radius 3 is 2.47 bits per heavy atom. The molecule has 0 bridgehead atoms. The lowest BCUT2D eigenvalue weighted by Crippen LogP contribution is -2.42. The van der Waals surface area contributed by atoms with E-state index in [1.165, 1.54) is 18.0 Å². The summed E-state index contributed by atoms with van der Waals surface area (Å²) in [5.41, 5.74) is 3.03. The molecule has 2 aromatic rings. The van der Waals surface area contributed by atoms with Crippen molar-refractivity contribution in [1.82, 2.24) is 0 Å². The fraction of sp³-hybridized carbons (Fsp3) is 0.278. The first-order chi connectivity index (χ1) is 9.17. The third-order valence-electron chi connectivity index (χ3n) is 4.37. The maximum atomic E-state index is 2.50. The highest BCUT2D eigenvalue weighted by molar-refractivity contribution is 6.89. The predicted molar refractivity (Wildman–Crippen MR) is 85.6 cm³/mol. The zero-order valence-electron chi connectivity index (χ0n) is 11.8. The zero-order chi connectivity index (χ0) is 13.3. The van der Waals surface area contributed by atoms with Gasteiger partial charge in [-0.15, -0.1) is 0 Å². The van der Waals surface area contributed by atoms with E-state index in [0.717, 1.165) is 5.92 Å². The molecule has 1 heteroatoms. The molecule has 0 N–H and O–H groups in total. The smallest absolute Gasteiger partial charge is 0.0654 e. The topological polar surface area (TPSA) is 0 Å². The average molecular weight is 265 g/mol. The van der Waals surface area contributed by atoms with E-state index in [-0.39, 0.29) is 0 Å². The van der Waals surface area contributed by atoms with Crippen LogP contribution in [0.1, 0.15) is 23.5 Å². The molecule has 0 radical (unpaired) electrons. The van der Waals surface area contributed by atoms with Gasteiger partial charge in [-0.25, -0.2) is 0 Å². The van der Waals surface area contributed by atoms with Gasteiger partial charge in [-0.05, 0) is 24.2 Å². The molecule has 0 fully saturated rings. The highest BCUT2D eigenvalue weighted by Gasteiger charge is 2.35. The molecule has 2 aromatic carbocycles. The Morgan fingerprint density at radius 2 is 1.68 bits per heavy atom. The van der Waals surface area contributed by atoms with Crippen LogP contribution in [-0.2, 0) is 0 Å². The van der Waals surface area contributed by atoms with Crippen molar-refractivity contribution >= 4 is 13.3 Å². The van der Waals surface area contributed by atoms with Crippen LogP contribution in [0.5, 0.6) is 0 Å². The molecule has 1 unspecified atom stereocenters. The third kappa shape index (κ3) is 2.48. The summed E-state index contributed by atoms with van der Waals surface area (Å²) in [5, 5.41) is 1.58. The first kappa shape index (κ1) is 12.6. The van der Waals surface area contributed by atoms with E-state index in [0.29, 0.717) is 0 Å². The maximum Gasteiger partial charge on any atom is 0.133 e. The Labute approximate surface area is 117 Å². The lowest BCUT2D eigenvalue weighted by atomic mass is 10.0. The fourth-order valence-electron chi connectivity index (χ4n) is 3.28. The van der Waals surface area contributed by atoms with Gasteiger partial charge in [-0.3, -0.25) is 0 Å². The number of hydrogen-bond donors (Lipinski definition) is 0. The molecule has 1 aliphatic rings. The summed E-state index contributed by atoms with van der Waals surface area (Å²) in [6.07, 6.45) is 3.64. The number of fused-ring (bicyclic) bond motifs is 1. The highest BCUT2D eigenvalue weighted by atomic mass is 28.3. The lowest BCUT2D eigenvalue weighted by molar-refractivity contribution is 0.789. The average Bonchev–Trinajstić information content (AvgIpc) is 2.83. The molecule has 0 nitrogen and oxygen atoms in total. The van der Waals surface area contributed by atoms with E-state index < -0.39 is 8.07 Å². The van der Waals surface area contributed by atoms with E-state index in [1.807, 2.05) is 0 Å². The van der Waals surface area contributed by atoms with Crippen LogP contribution in [0.15, 0.2) is 54.6 Å². The second-order valence-corrected chi connectivity index (χ2v) is 11.0. The molecule has 0 aliphatic heterocycles. The van der Waals surface area contributed by atoms with Crippen molar-refractivity contribution in [3.63, 3.8) is 0 Å². The summed E-state index contributed by atoms with van der Waals surface area (Å²) >= 11 is 0. The Morgan fingerprint density at radius 1 is 1.00 bits per heavy atom. The standard InChI is InChI=1S/C18H21Si/c1-19(2,17-9-4-3-5-10-17)14-16-13-12-15-8-6-7-11-18(15)16/h3-12,16H,13-14H2,1-2H3/q+1. The number of rotatable bonds is 3. The van der Waals surface area contributed by atoms with Gasteiger partial charge in [0, 0.05) is 24.8 Å². The van der Waals surface area contributed by atoms with Gasteiger partial charge >= 0.3 is 0 Å². The fourth-order valence-corrected chi connectivity index (χ4v) is 6.23. The largest absolute Gasteiger partial charge is 0.133 e. The van der Waals surface area contributed by atoms with E-state index in [1.54, 1.807) is 10.8 Å². The summed E-state index contributed by atoms with van der Waals surface area (Å²) in [6, 6.07) is 21.4. The van der Waals surface area contributed by atoms with Crippen molar-refractivity contribution in [2.45, 2.75) is 31.5 Å². The van der Waals surface area contributed by atoms with Crippen molar-refractivity contribution in [2.75, 3.05) is 0 Å². The number of hydrogen-bond acceptors (Lipinski definition) is 0. The van der Waals surface area contributed by atoms with Crippen molar-refractivity contribution in [1.29, 1.82) is 0 Å². The molecule has 0 aromatic heterocycles. The van der Waals surface area contributed by atoms with Crippen molar-refractivity contribution in [2.24, 2.45) is 0 Å². The van der Waals surface area contributed by atoms with Crippen LogP contribution in [0.3, 0.4) is 0 Å². The third-order valence-corrected chi connectivity index (χ3v) is 7.78. The van der Waals surface area contributed by atoms with Gasteiger partial charge in [0.05, 0.1) is 13.6 Å². The molecule has 0 spiro atoms. The molecule has 0 amide bonds. The quantitative estimate of drug-likeness (QED) is 0.572. The lowest BCUT2D eigenvalue weighted by Gasteiger charge is -2.25. The van der Waals surface area contributed by atoms with E-state index in [4.69, 9.17) is 0 Å². The molecular formula is C18H21Si+. The summed E-state index contributed by atoms with van der Waals surface area (Å²) in [5.74, 6) is 0.734. The maximum absolute atomic E-state index is 2.50. The molecule has 3 rings (SSSR count). The van der Waals surface area contributed by atoms with Gasteiger partial charge in [-0.1, -0.05) is 48.6 Å². The van der Waals surface area contributed by atoms with Gasteiger partial charge in [0.15, 0.2) is 0 Å². The predicted octanol–water partition coefficient (Wildman–Crippen LogP) is 4.34. The van der Waals surface area contributed by atoms with Crippen LogP contribution in [0.4, 0.5) is 0 Å². The molecule has 0 saturated carbocycles. The van der Waals surface area contributed by atoms with Crippen LogP contribution in [0.25, 0.3) is 0 Å². The first-order valence-corrected chi connectivity index (χ1v) is 10.4. The molecule has 0 saturated heterocycles. The van der Waals surface area contributed by atoms with Crippen LogP contribution >= 0.6 is 0 Å². The van der Waals surface area contributed by atoms with Crippen LogP contribution in [0.2, 0.25) is 19.1 Å². The zero-order valence-corrected chi connectivity index (χ0v) is 12.8. The van der Waals surface area contributed by atoms with Gasteiger partial charge < -0.3 is 0 Å². The second kappa shape index (κ2) is 4.90. The Kier molecular flexibility index (Phi) is 3.24. The van der Waals surface area contributed by atoms with Gasteiger partial charge in [0.2, 0.25) is 0 Å². The summed E-state index contributed by atoms with van der Waals surface area (Å²) < 4.78 is 0. The Balaban J connectivity index is 1.83. The molecule has 1 aliphatic carbocycles. The molecule has 1 atom stereocenters. The minimum Gasteiger partial charge on any atom is -0.0654 e. The molecule has 0 heterocycles. The van der Waals surface area contributed by atoms with Gasteiger partial charge in [-0.2, -0.15) is 0 Å². The summed E-state index contributed by atoms with van der Waals surface area (Å²) in [6.45, 7) is 5.01. The van der Waals surface area contributed by atoms with Crippen molar-refractivity contribution in [3.8, 4) is 0 Å². The minimum atomic E-state index is -1.33. The molecular weight excluding hydrogens is 244 g/mol. The second-order valence-electron chi connectivity index (χ2n) is 6.22. The van der Waals surface area contributed by atoms with E-state index >= 15 is 0 Å². The SMILES string of the molecule is C[Si](C)(CC1C[CH+]c2ccccc21)c1ccccc1. The van der Waals surface area contributed by atoms with Crippen LogP contribution in [0, 0.1) is 6.42 Å². The van der Waals surface area contributed by atoms with Crippen LogP contribution in [-0.4, -0.2) is 8.07 Å². The minimum absolute atomic E-state index is 0.734. The molecule has 19 heavy (non-hydrogen) atoms. The van der Waals surface area contributed by atoms with E-state index in [2.05, 4.69) is 74.1 Å².